The lowest BCUT2D eigenvalue weighted by atomic mass is 10.1. The Morgan fingerprint density at radius 2 is 2.00 bits per heavy atom. The molecule has 3 N–H and O–H groups in total. The van der Waals surface area contributed by atoms with E-state index in [1.54, 1.807) is 6.26 Å². The molecule has 1 saturated heterocycles. The van der Waals surface area contributed by atoms with E-state index in [0.29, 0.717) is 0 Å². The fourth-order valence-corrected chi connectivity index (χ4v) is 5.95. The molecule has 2 fully saturated rings. The predicted octanol–water partition coefficient (Wildman–Crippen LogP) is 0.586. The van der Waals surface area contributed by atoms with Crippen LogP contribution < -0.4 is 11.2 Å². The average molecular weight is 456 g/mol. The van der Waals surface area contributed by atoms with Crippen LogP contribution in [0.3, 0.4) is 0 Å². The van der Waals surface area contributed by atoms with Crippen LogP contribution in [-0.4, -0.2) is 63.3 Å². The van der Waals surface area contributed by atoms with Crippen molar-refractivity contribution in [1.29, 1.82) is 0 Å². The number of nitrogens with one attached hydrogen (secondary N) is 1. The smallest absolute Gasteiger partial charge is 0.330 e. The van der Waals surface area contributed by atoms with Crippen molar-refractivity contribution >= 4 is 25.5 Å². The molecule has 14 heteroatoms. The zero-order chi connectivity index (χ0) is 20.9. The third-order valence-corrected chi connectivity index (χ3v) is 9.92. The predicted molar refractivity (Wildman–Crippen MR) is 102 cm³/mol. The van der Waals surface area contributed by atoms with Gasteiger partial charge in [-0.1, -0.05) is 11.4 Å². The van der Waals surface area contributed by atoms with E-state index >= 15 is 0 Å². The maximum absolute atomic E-state index is 12.6. The Balaban J connectivity index is 1.97. The molecule has 1 saturated carbocycles. The molecule has 1 aromatic rings. The second kappa shape index (κ2) is 7.85. The molecule has 28 heavy (non-hydrogen) atoms. The van der Waals surface area contributed by atoms with Gasteiger partial charge in [-0.2, -0.15) is 0 Å². The SMILES string of the molecule is COC1C(OP(C)(=O)SC)C(C2CC2P(=O)(O)O)OC1n1ccc(=O)[nH]c1=O. The quantitative estimate of drug-likeness (QED) is 0.496. The molecule has 0 amide bonds. The van der Waals surface area contributed by atoms with Gasteiger partial charge in [-0.15, -0.1) is 0 Å². The standard InChI is InChI=1S/C14H22N2O9P2S/c1-23-12-11(25-26(2,19)28-3)10(7-6-8(7)27(20,21)22)24-13(12)16-5-4-9(17)15-14(16)18/h4-5,7-8,10-13H,6H2,1-3H3,(H,15,17,18)(H2,20,21,22). The van der Waals surface area contributed by atoms with Crippen molar-refractivity contribution < 1.29 is 32.9 Å². The number of H-pyrrole nitrogens is 1. The maximum atomic E-state index is 12.6. The van der Waals surface area contributed by atoms with Gasteiger partial charge in [0.05, 0.1) is 11.8 Å². The third kappa shape index (κ3) is 4.39. The number of methoxy groups -OCH3 is 1. The lowest BCUT2D eigenvalue weighted by molar-refractivity contribution is -0.0570. The summed E-state index contributed by atoms with van der Waals surface area (Å²) < 4.78 is 42.5. The van der Waals surface area contributed by atoms with E-state index in [-0.39, 0.29) is 6.42 Å². The number of hydrogen-bond donors (Lipinski definition) is 3. The fraction of sp³-hybridized carbons (Fsp3) is 0.714. The van der Waals surface area contributed by atoms with Crippen molar-refractivity contribution in [1.82, 2.24) is 9.55 Å². The van der Waals surface area contributed by atoms with Crippen LogP contribution in [-0.2, 0) is 23.1 Å². The molecule has 0 aromatic carbocycles. The van der Waals surface area contributed by atoms with Crippen molar-refractivity contribution in [2.75, 3.05) is 20.0 Å². The van der Waals surface area contributed by atoms with Gasteiger partial charge in [-0.25, -0.2) is 4.79 Å². The topological polar surface area (TPSA) is 157 Å². The summed E-state index contributed by atoms with van der Waals surface area (Å²) in [6.07, 6.45) is -0.592. The maximum Gasteiger partial charge on any atom is 0.330 e. The Labute approximate surface area is 164 Å². The number of aromatic amines is 1. The van der Waals surface area contributed by atoms with Crippen LogP contribution in [0.5, 0.6) is 0 Å². The molecule has 0 radical (unpaired) electrons. The van der Waals surface area contributed by atoms with E-state index in [1.165, 1.54) is 20.0 Å². The Bertz CT molecular complexity index is 943. The lowest BCUT2D eigenvalue weighted by Gasteiger charge is -2.26. The van der Waals surface area contributed by atoms with Crippen LogP contribution in [0.15, 0.2) is 21.9 Å². The highest BCUT2D eigenvalue weighted by molar-refractivity contribution is 8.56. The minimum atomic E-state index is -4.32. The fourth-order valence-electron chi connectivity index (χ4n) is 3.44. The highest BCUT2D eigenvalue weighted by Gasteiger charge is 2.61. The van der Waals surface area contributed by atoms with Crippen LogP contribution in [0, 0.1) is 5.92 Å². The number of rotatable bonds is 7. The number of nitrogens with zero attached hydrogens (tertiary/aromatic N) is 1. The summed E-state index contributed by atoms with van der Waals surface area (Å²) in [5, 5.41) is 0. The molecular weight excluding hydrogens is 434 g/mol. The van der Waals surface area contributed by atoms with Crippen LogP contribution in [0.2, 0.25) is 0 Å². The summed E-state index contributed by atoms with van der Waals surface area (Å²) in [5.74, 6) is -0.534. The number of ether oxygens (including phenoxy) is 2. The minimum Gasteiger partial charge on any atom is -0.374 e. The van der Waals surface area contributed by atoms with Gasteiger partial charge in [0, 0.05) is 32.0 Å². The van der Waals surface area contributed by atoms with Gasteiger partial charge < -0.3 is 23.8 Å². The van der Waals surface area contributed by atoms with E-state index < -0.39 is 61.5 Å². The van der Waals surface area contributed by atoms with Crippen molar-refractivity contribution in [3.63, 3.8) is 0 Å². The first-order chi connectivity index (χ1) is 13.0. The normalized spacial score (nSPS) is 34.9. The summed E-state index contributed by atoms with van der Waals surface area (Å²) in [6, 6.07) is 1.14. The van der Waals surface area contributed by atoms with E-state index in [2.05, 4.69) is 4.98 Å². The molecule has 3 rings (SSSR count). The lowest BCUT2D eigenvalue weighted by Crippen LogP contribution is -2.39. The number of hydrogen-bond acceptors (Lipinski definition) is 8. The Hall–Kier alpha value is -0.710. The van der Waals surface area contributed by atoms with E-state index in [9.17, 15) is 28.5 Å². The highest BCUT2D eigenvalue weighted by Crippen LogP contribution is 2.64. The van der Waals surface area contributed by atoms with Crippen LogP contribution in [0.4, 0.5) is 0 Å². The summed E-state index contributed by atoms with van der Waals surface area (Å²) in [4.78, 5) is 44.6. The van der Waals surface area contributed by atoms with Gasteiger partial charge in [0.1, 0.15) is 12.2 Å². The van der Waals surface area contributed by atoms with Crippen LogP contribution in [0.25, 0.3) is 0 Å². The molecule has 1 aliphatic carbocycles. The van der Waals surface area contributed by atoms with Crippen molar-refractivity contribution in [3.05, 3.63) is 33.1 Å². The first-order valence-corrected chi connectivity index (χ1v) is 13.9. The van der Waals surface area contributed by atoms with Crippen LogP contribution in [0.1, 0.15) is 12.6 Å². The highest BCUT2D eigenvalue weighted by atomic mass is 32.7. The van der Waals surface area contributed by atoms with Gasteiger partial charge >= 0.3 is 13.3 Å². The molecule has 11 nitrogen and oxygen atoms in total. The average Bonchev–Trinajstić information content (AvgIpc) is 3.32. The van der Waals surface area contributed by atoms with Gasteiger partial charge in [0.2, 0.25) is 0 Å². The first-order valence-electron chi connectivity index (χ1n) is 8.35. The third-order valence-electron chi connectivity index (χ3n) is 4.93. The van der Waals surface area contributed by atoms with Crippen LogP contribution >= 0.6 is 25.5 Å². The van der Waals surface area contributed by atoms with E-state index in [4.69, 9.17) is 14.0 Å². The summed E-state index contributed by atoms with van der Waals surface area (Å²) in [7, 11) is -2.96. The zero-order valence-corrected chi connectivity index (χ0v) is 17.9. The largest absolute Gasteiger partial charge is 0.374 e. The second-order valence-electron chi connectivity index (χ2n) is 6.79. The molecule has 2 aliphatic rings. The van der Waals surface area contributed by atoms with E-state index in [1.807, 2.05) is 0 Å². The molecule has 1 aromatic heterocycles. The van der Waals surface area contributed by atoms with Gasteiger partial charge in [0.25, 0.3) is 12.1 Å². The Morgan fingerprint density at radius 1 is 1.32 bits per heavy atom. The van der Waals surface area contributed by atoms with E-state index in [0.717, 1.165) is 22.0 Å². The van der Waals surface area contributed by atoms with Gasteiger partial charge in [0.15, 0.2) is 6.23 Å². The minimum absolute atomic E-state index is 0.214. The first kappa shape index (κ1) is 22.0. The molecule has 7 atom stereocenters. The molecule has 7 unspecified atom stereocenters. The molecule has 1 aliphatic heterocycles. The number of aromatic nitrogens is 2. The second-order valence-corrected chi connectivity index (χ2v) is 13.8. The zero-order valence-electron chi connectivity index (χ0n) is 15.3. The molecule has 158 valence electrons. The monoisotopic (exact) mass is 456 g/mol. The van der Waals surface area contributed by atoms with Crippen molar-refractivity contribution in [2.24, 2.45) is 5.92 Å². The summed E-state index contributed by atoms with van der Waals surface area (Å²) >= 11 is 1.02. The molecule has 2 heterocycles. The molecular formula is C14H22N2O9P2S. The van der Waals surface area contributed by atoms with Crippen molar-refractivity contribution in [2.45, 2.75) is 36.6 Å². The summed E-state index contributed by atoms with van der Waals surface area (Å²) in [6.45, 7) is -1.68. The van der Waals surface area contributed by atoms with Gasteiger partial charge in [-0.05, 0) is 12.7 Å². The van der Waals surface area contributed by atoms with Gasteiger partial charge in [-0.3, -0.25) is 23.5 Å². The molecule has 0 spiro atoms. The molecule has 0 bridgehead atoms. The Morgan fingerprint density at radius 3 is 2.50 bits per heavy atom. The summed E-state index contributed by atoms with van der Waals surface area (Å²) in [5.41, 5.74) is -2.20. The van der Waals surface area contributed by atoms with Crippen molar-refractivity contribution in [3.8, 4) is 0 Å². The Kier molecular flexibility index (Phi) is 6.16.